The summed E-state index contributed by atoms with van der Waals surface area (Å²) in [5.41, 5.74) is 1.71. The summed E-state index contributed by atoms with van der Waals surface area (Å²) in [6.45, 7) is 0. The van der Waals surface area contributed by atoms with Crippen molar-refractivity contribution in [2.24, 2.45) is 0 Å². The van der Waals surface area contributed by atoms with Gasteiger partial charge in [0.05, 0.1) is 27.9 Å². The Bertz CT molecular complexity index is 801. The number of halogens is 2. The Labute approximate surface area is 118 Å². The van der Waals surface area contributed by atoms with E-state index in [0.717, 1.165) is 17.1 Å². The van der Waals surface area contributed by atoms with Crippen LogP contribution in [0.3, 0.4) is 0 Å². The van der Waals surface area contributed by atoms with Crippen molar-refractivity contribution in [3.63, 3.8) is 0 Å². The summed E-state index contributed by atoms with van der Waals surface area (Å²) in [5.74, 6) is -0.819. The average Bonchev–Trinajstić information content (AvgIpc) is 2.89. The van der Waals surface area contributed by atoms with Crippen LogP contribution >= 0.6 is 11.6 Å². The second kappa shape index (κ2) is 4.94. The summed E-state index contributed by atoms with van der Waals surface area (Å²) in [4.78, 5) is 18.9. The van der Waals surface area contributed by atoms with Gasteiger partial charge in [0, 0.05) is 6.07 Å². The third-order valence-corrected chi connectivity index (χ3v) is 3.05. The van der Waals surface area contributed by atoms with Gasteiger partial charge in [-0.15, -0.1) is 0 Å². The van der Waals surface area contributed by atoms with E-state index in [1.165, 1.54) is 12.1 Å². The number of esters is 1. The molecule has 1 heterocycles. The fraction of sp³-hybridized carbons (Fsp3) is 0. The number of imidazole rings is 1. The molecular formula is C14H8ClFN2O2. The quantitative estimate of drug-likeness (QED) is 0.580. The normalized spacial score (nSPS) is 10.7. The van der Waals surface area contributed by atoms with Crippen molar-refractivity contribution in [3.8, 4) is 5.75 Å². The molecule has 0 atom stereocenters. The van der Waals surface area contributed by atoms with Crippen molar-refractivity contribution in [2.75, 3.05) is 0 Å². The molecule has 0 amide bonds. The van der Waals surface area contributed by atoms with Gasteiger partial charge in [-0.1, -0.05) is 11.6 Å². The van der Waals surface area contributed by atoms with Crippen LogP contribution in [0.4, 0.5) is 4.39 Å². The smallest absolute Gasteiger partial charge is 0.343 e. The van der Waals surface area contributed by atoms with E-state index in [2.05, 4.69) is 9.97 Å². The van der Waals surface area contributed by atoms with Crippen LogP contribution in [0.2, 0.25) is 5.02 Å². The summed E-state index contributed by atoms with van der Waals surface area (Å²) in [6.07, 6.45) is 1.55. The van der Waals surface area contributed by atoms with E-state index >= 15 is 0 Å². The van der Waals surface area contributed by atoms with Gasteiger partial charge in [-0.25, -0.2) is 14.2 Å². The first-order valence-electron chi connectivity index (χ1n) is 5.74. The average molecular weight is 291 g/mol. The molecule has 0 unspecified atom stereocenters. The van der Waals surface area contributed by atoms with Crippen molar-refractivity contribution in [3.05, 3.63) is 59.1 Å². The summed E-state index contributed by atoms with van der Waals surface area (Å²) in [6, 6.07) is 8.69. The number of carbonyl (C=O) groups is 1. The maximum atomic E-state index is 13.0. The fourth-order valence-corrected chi connectivity index (χ4v) is 1.95. The van der Waals surface area contributed by atoms with Gasteiger partial charge in [0.15, 0.2) is 0 Å². The Balaban J connectivity index is 1.85. The number of benzene rings is 2. The van der Waals surface area contributed by atoms with E-state index in [0.29, 0.717) is 5.75 Å². The molecular weight excluding hydrogens is 283 g/mol. The third kappa shape index (κ3) is 2.35. The maximum absolute atomic E-state index is 13.0. The molecule has 2 aromatic carbocycles. The summed E-state index contributed by atoms with van der Waals surface area (Å²) in [7, 11) is 0. The van der Waals surface area contributed by atoms with Crippen LogP contribution in [0.25, 0.3) is 11.0 Å². The predicted molar refractivity (Wildman–Crippen MR) is 72.5 cm³/mol. The third-order valence-electron chi connectivity index (χ3n) is 2.76. The lowest BCUT2D eigenvalue weighted by molar-refractivity contribution is 0.0735. The number of rotatable bonds is 2. The van der Waals surface area contributed by atoms with Crippen molar-refractivity contribution in [1.29, 1.82) is 0 Å². The lowest BCUT2D eigenvalue weighted by Gasteiger charge is -2.05. The number of hydrogen-bond donors (Lipinski definition) is 1. The highest BCUT2D eigenvalue weighted by atomic mass is 35.5. The molecule has 0 radical (unpaired) electrons. The lowest BCUT2D eigenvalue weighted by atomic mass is 10.2. The molecule has 0 aliphatic rings. The van der Waals surface area contributed by atoms with Crippen LogP contribution < -0.4 is 4.74 Å². The van der Waals surface area contributed by atoms with E-state index in [1.807, 2.05) is 0 Å². The van der Waals surface area contributed by atoms with Crippen molar-refractivity contribution < 1.29 is 13.9 Å². The molecule has 6 heteroatoms. The Morgan fingerprint density at radius 3 is 2.90 bits per heavy atom. The number of carbonyl (C=O) groups excluding carboxylic acids is 1. The first-order chi connectivity index (χ1) is 9.63. The number of hydrogen-bond acceptors (Lipinski definition) is 3. The highest BCUT2D eigenvalue weighted by Gasteiger charge is 2.11. The lowest BCUT2D eigenvalue weighted by Crippen LogP contribution is -2.08. The second-order valence-corrected chi connectivity index (χ2v) is 4.51. The predicted octanol–water partition coefficient (Wildman–Crippen LogP) is 3.57. The molecule has 1 aromatic heterocycles. The van der Waals surface area contributed by atoms with Crippen LogP contribution in [-0.2, 0) is 0 Å². The zero-order valence-corrected chi connectivity index (χ0v) is 10.8. The summed E-state index contributed by atoms with van der Waals surface area (Å²) >= 11 is 5.63. The van der Waals surface area contributed by atoms with Crippen LogP contribution in [-0.4, -0.2) is 15.9 Å². The minimum atomic E-state index is -0.606. The van der Waals surface area contributed by atoms with Gasteiger partial charge < -0.3 is 9.72 Å². The molecule has 1 N–H and O–H groups in total. The summed E-state index contributed by atoms with van der Waals surface area (Å²) in [5, 5.41) is -0.122. The SMILES string of the molecule is O=C(Oc1ccc2nc[nH]c2c1)c1ccc(F)c(Cl)c1. The standard InChI is InChI=1S/C14H8ClFN2O2/c15-10-5-8(1-3-11(10)16)14(19)20-9-2-4-12-13(6-9)18-7-17-12/h1-7H,(H,17,18). The van der Waals surface area contributed by atoms with E-state index in [1.54, 1.807) is 24.5 Å². The number of H-pyrrole nitrogens is 1. The molecule has 0 spiro atoms. The fourth-order valence-electron chi connectivity index (χ4n) is 1.77. The Morgan fingerprint density at radius 1 is 1.25 bits per heavy atom. The Morgan fingerprint density at radius 2 is 2.10 bits per heavy atom. The van der Waals surface area contributed by atoms with Crippen LogP contribution in [0, 0.1) is 5.82 Å². The van der Waals surface area contributed by atoms with Gasteiger partial charge in [-0.2, -0.15) is 0 Å². The van der Waals surface area contributed by atoms with E-state index in [-0.39, 0.29) is 10.6 Å². The molecule has 4 nitrogen and oxygen atoms in total. The molecule has 3 aromatic rings. The van der Waals surface area contributed by atoms with E-state index in [9.17, 15) is 9.18 Å². The van der Waals surface area contributed by atoms with Gasteiger partial charge in [-0.3, -0.25) is 0 Å². The largest absolute Gasteiger partial charge is 0.423 e. The Kier molecular flexibility index (Phi) is 3.12. The minimum absolute atomic E-state index is 0.122. The molecule has 0 saturated carbocycles. The number of fused-ring (bicyclic) bond motifs is 1. The second-order valence-electron chi connectivity index (χ2n) is 4.10. The first-order valence-corrected chi connectivity index (χ1v) is 6.11. The number of ether oxygens (including phenoxy) is 1. The van der Waals surface area contributed by atoms with Gasteiger partial charge in [0.2, 0.25) is 0 Å². The number of nitrogens with zero attached hydrogens (tertiary/aromatic N) is 1. The molecule has 20 heavy (non-hydrogen) atoms. The van der Waals surface area contributed by atoms with Gasteiger partial charge in [0.1, 0.15) is 11.6 Å². The monoisotopic (exact) mass is 290 g/mol. The zero-order valence-electron chi connectivity index (χ0n) is 10.1. The Hall–Kier alpha value is -2.40. The van der Waals surface area contributed by atoms with Gasteiger partial charge in [0.25, 0.3) is 0 Å². The molecule has 0 saturated heterocycles. The van der Waals surface area contributed by atoms with Gasteiger partial charge >= 0.3 is 5.97 Å². The maximum Gasteiger partial charge on any atom is 0.343 e. The van der Waals surface area contributed by atoms with E-state index < -0.39 is 11.8 Å². The summed E-state index contributed by atoms with van der Waals surface area (Å²) < 4.78 is 18.2. The molecule has 3 rings (SSSR count). The minimum Gasteiger partial charge on any atom is -0.423 e. The van der Waals surface area contributed by atoms with Crippen LogP contribution in [0.1, 0.15) is 10.4 Å². The molecule has 0 bridgehead atoms. The highest BCUT2D eigenvalue weighted by molar-refractivity contribution is 6.31. The number of aromatic amines is 1. The van der Waals surface area contributed by atoms with Crippen molar-refractivity contribution in [2.45, 2.75) is 0 Å². The highest BCUT2D eigenvalue weighted by Crippen LogP contribution is 2.20. The molecule has 0 aliphatic heterocycles. The zero-order chi connectivity index (χ0) is 14.1. The molecule has 0 fully saturated rings. The first kappa shape index (κ1) is 12.6. The number of nitrogens with one attached hydrogen (secondary N) is 1. The van der Waals surface area contributed by atoms with Crippen LogP contribution in [0.5, 0.6) is 5.75 Å². The molecule has 0 aliphatic carbocycles. The van der Waals surface area contributed by atoms with Crippen LogP contribution in [0.15, 0.2) is 42.7 Å². The number of aromatic nitrogens is 2. The van der Waals surface area contributed by atoms with Gasteiger partial charge in [-0.05, 0) is 30.3 Å². The molecule has 100 valence electrons. The van der Waals surface area contributed by atoms with Crippen molar-refractivity contribution >= 4 is 28.6 Å². The van der Waals surface area contributed by atoms with E-state index in [4.69, 9.17) is 16.3 Å². The van der Waals surface area contributed by atoms with Crippen molar-refractivity contribution in [1.82, 2.24) is 9.97 Å². The topological polar surface area (TPSA) is 55.0 Å².